The Hall–Kier alpha value is -3.27. The highest BCUT2D eigenvalue weighted by atomic mass is 16.5. The molecule has 4 nitrogen and oxygen atoms in total. The Morgan fingerprint density at radius 1 is 0.821 bits per heavy atom. The quantitative estimate of drug-likeness (QED) is 0.555. The summed E-state index contributed by atoms with van der Waals surface area (Å²) >= 11 is 0. The van der Waals surface area contributed by atoms with Crippen molar-refractivity contribution in [2.75, 3.05) is 13.2 Å². The Balaban J connectivity index is 1.44. The Morgan fingerprint density at radius 3 is 2.36 bits per heavy atom. The van der Waals surface area contributed by atoms with Crippen molar-refractivity contribution in [3.63, 3.8) is 0 Å². The Bertz CT molecular complexity index is 876. The summed E-state index contributed by atoms with van der Waals surface area (Å²) in [6.07, 6.45) is 1.00. The molecule has 0 aliphatic carbocycles. The highest BCUT2D eigenvalue weighted by molar-refractivity contribution is 5.94. The minimum Gasteiger partial charge on any atom is -0.492 e. The van der Waals surface area contributed by atoms with Gasteiger partial charge < -0.3 is 14.8 Å². The molecule has 0 heterocycles. The predicted molar refractivity (Wildman–Crippen MR) is 111 cm³/mol. The van der Waals surface area contributed by atoms with Gasteiger partial charge in [-0.1, -0.05) is 55.5 Å². The van der Waals surface area contributed by atoms with Crippen LogP contribution in [0.5, 0.6) is 11.5 Å². The van der Waals surface area contributed by atoms with Crippen molar-refractivity contribution in [2.45, 2.75) is 20.0 Å². The van der Waals surface area contributed by atoms with Crippen LogP contribution in [0.15, 0.2) is 78.9 Å². The molecule has 0 saturated carbocycles. The van der Waals surface area contributed by atoms with Crippen LogP contribution in [0.25, 0.3) is 0 Å². The second kappa shape index (κ2) is 10.2. The van der Waals surface area contributed by atoms with Gasteiger partial charge in [0.15, 0.2) is 0 Å². The lowest BCUT2D eigenvalue weighted by Crippen LogP contribution is -2.28. The van der Waals surface area contributed by atoms with E-state index in [-0.39, 0.29) is 5.91 Å². The van der Waals surface area contributed by atoms with Crippen molar-refractivity contribution in [3.05, 3.63) is 95.6 Å². The summed E-state index contributed by atoms with van der Waals surface area (Å²) in [5.41, 5.74) is 2.93. The lowest BCUT2D eigenvalue weighted by molar-refractivity contribution is 0.0946. The molecule has 0 fully saturated rings. The average Bonchev–Trinajstić information content (AvgIpc) is 2.76. The summed E-state index contributed by atoms with van der Waals surface area (Å²) in [6, 6.07) is 25.1. The van der Waals surface area contributed by atoms with Crippen LogP contribution in [0.1, 0.15) is 28.4 Å². The van der Waals surface area contributed by atoms with Gasteiger partial charge in [-0.3, -0.25) is 4.79 Å². The normalized spacial score (nSPS) is 10.3. The number of hydrogen-bond donors (Lipinski definition) is 1. The molecule has 0 spiro atoms. The first-order chi connectivity index (χ1) is 13.7. The number of nitrogens with one attached hydrogen (secondary N) is 1. The van der Waals surface area contributed by atoms with Crippen LogP contribution in [-0.2, 0) is 13.0 Å². The van der Waals surface area contributed by atoms with E-state index in [1.165, 1.54) is 5.56 Å². The standard InChI is InChI=1S/C24H25NO3/c1-2-19-11-13-22(14-12-19)27-16-15-25-24(26)21-9-6-10-23(17-21)28-18-20-7-4-3-5-8-20/h3-14,17H,2,15-16,18H2,1H3,(H,25,26). The minimum absolute atomic E-state index is 0.143. The van der Waals surface area contributed by atoms with Crippen molar-refractivity contribution in [1.29, 1.82) is 0 Å². The Morgan fingerprint density at radius 2 is 1.61 bits per heavy atom. The third kappa shape index (κ3) is 5.88. The van der Waals surface area contributed by atoms with Crippen molar-refractivity contribution in [3.8, 4) is 11.5 Å². The monoisotopic (exact) mass is 375 g/mol. The fraction of sp³-hybridized carbons (Fsp3) is 0.208. The number of hydrogen-bond acceptors (Lipinski definition) is 3. The van der Waals surface area contributed by atoms with Gasteiger partial charge in [0.25, 0.3) is 5.91 Å². The topological polar surface area (TPSA) is 47.6 Å². The molecule has 1 amide bonds. The molecule has 3 rings (SSSR count). The molecule has 3 aromatic rings. The van der Waals surface area contributed by atoms with Crippen molar-refractivity contribution in [2.24, 2.45) is 0 Å². The molecule has 0 aromatic heterocycles. The van der Waals surface area contributed by atoms with E-state index in [2.05, 4.69) is 24.4 Å². The molecule has 0 aliphatic heterocycles. The second-order valence-electron chi connectivity index (χ2n) is 6.40. The third-order valence-electron chi connectivity index (χ3n) is 4.33. The third-order valence-corrected chi connectivity index (χ3v) is 4.33. The highest BCUT2D eigenvalue weighted by Gasteiger charge is 2.06. The predicted octanol–water partition coefficient (Wildman–Crippen LogP) is 4.64. The highest BCUT2D eigenvalue weighted by Crippen LogP contribution is 2.15. The zero-order chi connectivity index (χ0) is 19.6. The van der Waals surface area contributed by atoms with Gasteiger partial charge >= 0.3 is 0 Å². The van der Waals surface area contributed by atoms with Crippen LogP contribution in [0.4, 0.5) is 0 Å². The Labute approximate surface area is 166 Å². The van der Waals surface area contributed by atoms with E-state index in [0.29, 0.717) is 31.1 Å². The van der Waals surface area contributed by atoms with Crippen LogP contribution in [0.2, 0.25) is 0 Å². The van der Waals surface area contributed by atoms with E-state index >= 15 is 0 Å². The number of ether oxygens (including phenoxy) is 2. The molecule has 1 N–H and O–H groups in total. The molecule has 28 heavy (non-hydrogen) atoms. The summed E-state index contributed by atoms with van der Waals surface area (Å²) in [4.78, 5) is 12.3. The zero-order valence-corrected chi connectivity index (χ0v) is 16.1. The fourth-order valence-electron chi connectivity index (χ4n) is 2.72. The van der Waals surface area contributed by atoms with Gasteiger partial charge in [0, 0.05) is 5.56 Å². The summed E-state index contributed by atoms with van der Waals surface area (Å²) in [5.74, 6) is 1.33. The number of rotatable bonds is 9. The molecule has 4 heteroatoms. The van der Waals surface area contributed by atoms with Crippen molar-refractivity contribution in [1.82, 2.24) is 5.32 Å². The maximum absolute atomic E-state index is 12.3. The smallest absolute Gasteiger partial charge is 0.251 e. The van der Waals surface area contributed by atoms with Gasteiger partial charge in [0.1, 0.15) is 24.7 Å². The number of carbonyl (C=O) groups is 1. The molecule has 0 aliphatic rings. The SMILES string of the molecule is CCc1ccc(OCCNC(=O)c2cccc(OCc3ccccc3)c2)cc1. The van der Waals surface area contributed by atoms with Gasteiger partial charge in [-0.05, 0) is 47.9 Å². The van der Waals surface area contributed by atoms with Crippen molar-refractivity contribution >= 4 is 5.91 Å². The minimum atomic E-state index is -0.143. The first kappa shape index (κ1) is 19.5. The first-order valence-electron chi connectivity index (χ1n) is 9.51. The molecule has 0 radical (unpaired) electrons. The summed E-state index contributed by atoms with van der Waals surface area (Å²) in [5, 5.41) is 2.87. The largest absolute Gasteiger partial charge is 0.492 e. The van der Waals surface area contributed by atoms with Crippen LogP contribution >= 0.6 is 0 Å². The molecule has 0 unspecified atom stereocenters. The van der Waals surface area contributed by atoms with Crippen LogP contribution < -0.4 is 14.8 Å². The maximum Gasteiger partial charge on any atom is 0.251 e. The Kier molecular flexibility index (Phi) is 7.08. The number of benzene rings is 3. The number of amides is 1. The first-order valence-corrected chi connectivity index (χ1v) is 9.51. The van der Waals surface area contributed by atoms with Gasteiger partial charge in [0.05, 0.1) is 6.54 Å². The van der Waals surface area contributed by atoms with Crippen molar-refractivity contribution < 1.29 is 14.3 Å². The van der Waals surface area contributed by atoms with Crippen LogP contribution in [-0.4, -0.2) is 19.1 Å². The van der Waals surface area contributed by atoms with E-state index in [1.54, 1.807) is 12.1 Å². The fourth-order valence-corrected chi connectivity index (χ4v) is 2.72. The molecular formula is C24H25NO3. The molecule has 0 atom stereocenters. The van der Waals surface area contributed by atoms with E-state index in [1.807, 2.05) is 54.6 Å². The molecule has 3 aromatic carbocycles. The van der Waals surface area contributed by atoms with Gasteiger partial charge in [-0.2, -0.15) is 0 Å². The average molecular weight is 375 g/mol. The molecule has 0 saturated heterocycles. The summed E-state index contributed by atoms with van der Waals surface area (Å²) < 4.78 is 11.4. The molecule has 144 valence electrons. The maximum atomic E-state index is 12.3. The zero-order valence-electron chi connectivity index (χ0n) is 16.1. The second-order valence-corrected chi connectivity index (χ2v) is 6.40. The van der Waals surface area contributed by atoms with Gasteiger partial charge in [-0.25, -0.2) is 0 Å². The van der Waals surface area contributed by atoms with E-state index in [0.717, 1.165) is 17.7 Å². The van der Waals surface area contributed by atoms with E-state index in [4.69, 9.17) is 9.47 Å². The molecular weight excluding hydrogens is 350 g/mol. The lowest BCUT2D eigenvalue weighted by Gasteiger charge is -2.10. The van der Waals surface area contributed by atoms with E-state index < -0.39 is 0 Å². The van der Waals surface area contributed by atoms with Crippen LogP contribution in [0.3, 0.4) is 0 Å². The van der Waals surface area contributed by atoms with Gasteiger partial charge in [0.2, 0.25) is 0 Å². The summed E-state index contributed by atoms with van der Waals surface area (Å²) in [6.45, 7) is 3.44. The van der Waals surface area contributed by atoms with Crippen LogP contribution in [0, 0.1) is 0 Å². The summed E-state index contributed by atoms with van der Waals surface area (Å²) in [7, 11) is 0. The van der Waals surface area contributed by atoms with Gasteiger partial charge in [-0.15, -0.1) is 0 Å². The molecule has 0 bridgehead atoms. The number of aryl methyl sites for hydroxylation is 1. The lowest BCUT2D eigenvalue weighted by atomic mass is 10.2. The van der Waals surface area contributed by atoms with E-state index in [9.17, 15) is 4.79 Å². The number of carbonyl (C=O) groups excluding carboxylic acids is 1.